The smallest absolute Gasteiger partial charge is 0.337 e. The van der Waals surface area contributed by atoms with Crippen molar-refractivity contribution >= 4 is 23.5 Å². The van der Waals surface area contributed by atoms with Gasteiger partial charge in [0.15, 0.2) is 0 Å². The van der Waals surface area contributed by atoms with Crippen molar-refractivity contribution in [1.82, 2.24) is 30.0 Å². The number of halogens is 3. The Labute approximate surface area is 261 Å². The number of alkyl halides is 3. The average molecular weight is 629 g/mol. The van der Waals surface area contributed by atoms with Gasteiger partial charge < -0.3 is 10.2 Å². The van der Waals surface area contributed by atoms with Gasteiger partial charge in [0, 0.05) is 36.3 Å². The number of hydrogen-bond donors (Lipinski definition) is 1. The SMILES string of the molecule is CCN1C(=O)[C@@H](NC(=O)c2nccc(C(F)(F)F)n2)[C@H](c2cccc(C(=O)N3CCC[C@H]3C#N)c2)c2cnn(-c3ccccc3)c21. The fraction of sp³-hybridized carbons (Fsp3) is 0.281. The lowest BCUT2D eigenvalue weighted by Gasteiger charge is -2.38. The molecule has 3 amide bonds. The summed E-state index contributed by atoms with van der Waals surface area (Å²) in [4.78, 5) is 51.2. The standard InChI is InChI=1S/C32H27F3N8O3/c1-2-41-29-23(18-38-43(29)21-10-4-3-5-11-21)25(19-8-6-9-20(16-19)30(45)42-15-7-12-22(42)17-36)26(31(41)46)40-28(44)27-37-14-13-24(39-27)32(33,34)35/h3-6,8-11,13-14,16,18,22,25-26H,2,7,12,15H2,1H3,(H,40,44)/t22-,25+,26-/m0/s1. The van der Waals surface area contributed by atoms with Crippen LogP contribution in [0.25, 0.3) is 5.69 Å². The Balaban J connectivity index is 1.46. The molecule has 2 aromatic carbocycles. The molecule has 0 spiro atoms. The van der Waals surface area contributed by atoms with Crippen LogP contribution < -0.4 is 10.2 Å². The van der Waals surface area contributed by atoms with Gasteiger partial charge in [0.2, 0.25) is 5.82 Å². The van der Waals surface area contributed by atoms with E-state index in [1.807, 2.05) is 30.3 Å². The van der Waals surface area contributed by atoms with Gasteiger partial charge in [-0.3, -0.25) is 19.3 Å². The van der Waals surface area contributed by atoms with Gasteiger partial charge in [-0.15, -0.1) is 0 Å². The molecular formula is C32H27F3N8O3. The van der Waals surface area contributed by atoms with Gasteiger partial charge in [-0.1, -0.05) is 30.3 Å². The van der Waals surface area contributed by atoms with E-state index in [1.165, 1.54) is 9.80 Å². The van der Waals surface area contributed by atoms with E-state index in [9.17, 15) is 32.8 Å². The van der Waals surface area contributed by atoms with Crippen LogP contribution in [0.5, 0.6) is 0 Å². The van der Waals surface area contributed by atoms with E-state index in [2.05, 4.69) is 26.5 Å². The Morgan fingerprint density at radius 1 is 1.11 bits per heavy atom. The lowest BCUT2D eigenvalue weighted by molar-refractivity contribution is -0.141. The van der Waals surface area contributed by atoms with Gasteiger partial charge in [0.05, 0.1) is 18.0 Å². The minimum absolute atomic E-state index is 0.187. The molecule has 234 valence electrons. The van der Waals surface area contributed by atoms with E-state index < -0.39 is 47.5 Å². The summed E-state index contributed by atoms with van der Waals surface area (Å²) in [6.45, 7) is 2.37. The minimum atomic E-state index is -4.81. The number of para-hydroxylation sites is 1. The molecule has 14 heteroatoms. The predicted molar refractivity (Wildman–Crippen MR) is 158 cm³/mol. The lowest BCUT2D eigenvalue weighted by atomic mass is 9.81. The molecule has 2 aliphatic rings. The number of carbonyl (C=O) groups is 3. The van der Waals surface area contributed by atoms with Crippen LogP contribution in [0, 0.1) is 11.3 Å². The summed E-state index contributed by atoms with van der Waals surface area (Å²) in [5.74, 6) is -3.18. The molecule has 46 heavy (non-hydrogen) atoms. The Bertz CT molecular complexity index is 1850. The maximum absolute atomic E-state index is 14.2. The van der Waals surface area contributed by atoms with Crippen LogP contribution in [0.4, 0.5) is 19.0 Å². The van der Waals surface area contributed by atoms with Crippen LogP contribution in [0.2, 0.25) is 0 Å². The molecule has 2 aliphatic heterocycles. The first kappa shape index (κ1) is 30.4. The number of carbonyl (C=O) groups excluding carboxylic acids is 3. The number of nitrogens with one attached hydrogen (secondary N) is 1. The molecule has 0 radical (unpaired) electrons. The zero-order valence-corrected chi connectivity index (χ0v) is 24.5. The molecule has 1 saturated heterocycles. The van der Waals surface area contributed by atoms with Crippen LogP contribution in [-0.2, 0) is 11.0 Å². The zero-order valence-electron chi connectivity index (χ0n) is 24.5. The topological polar surface area (TPSA) is 137 Å². The molecule has 2 aromatic heterocycles. The number of anilines is 1. The highest BCUT2D eigenvalue weighted by Crippen LogP contribution is 2.42. The molecule has 4 aromatic rings. The Hall–Kier alpha value is -5.58. The van der Waals surface area contributed by atoms with Crippen molar-refractivity contribution in [2.75, 3.05) is 18.0 Å². The Kier molecular flexibility index (Phi) is 7.99. The molecule has 1 fully saturated rings. The molecule has 0 bridgehead atoms. The van der Waals surface area contributed by atoms with E-state index in [-0.39, 0.29) is 18.0 Å². The second-order valence-electron chi connectivity index (χ2n) is 10.9. The summed E-state index contributed by atoms with van der Waals surface area (Å²) in [5, 5.41) is 16.7. The third-order valence-electron chi connectivity index (χ3n) is 8.14. The second-order valence-corrected chi connectivity index (χ2v) is 10.9. The van der Waals surface area contributed by atoms with Crippen LogP contribution in [0.1, 0.15) is 63.5 Å². The van der Waals surface area contributed by atoms with E-state index in [0.717, 1.165) is 6.20 Å². The number of aromatic nitrogens is 4. The van der Waals surface area contributed by atoms with Crippen molar-refractivity contribution in [3.8, 4) is 11.8 Å². The van der Waals surface area contributed by atoms with Crippen LogP contribution in [0.15, 0.2) is 73.1 Å². The van der Waals surface area contributed by atoms with E-state index >= 15 is 0 Å². The predicted octanol–water partition coefficient (Wildman–Crippen LogP) is 4.11. The lowest BCUT2D eigenvalue weighted by Crippen LogP contribution is -2.55. The average Bonchev–Trinajstić information content (AvgIpc) is 3.73. The van der Waals surface area contributed by atoms with Gasteiger partial charge in [-0.05, 0) is 55.7 Å². The first-order valence-corrected chi connectivity index (χ1v) is 14.6. The molecule has 4 heterocycles. The summed E-state index contributed by atoms with van der Waals surface area (Å²) in [5.41, 5.74) is 0.681. The van der Waals surface area contributed by atoms with Crippen molar-refractivity contribution in [3.63, 3.8) is 0 Å². The number of fused-ring (bicyclic) bond motifs is 1. The van der Waals surface area contributed by atoms with Crippen LogP contribution >= 0.6 is 0 Å². The summed E-state index contributed by atoms with van der Waals surface area (Å²) < 4.78 is 41.7. The molecule has 0 unspecified atom stereocenters. The second kappa shape index (κ2) is 12.1. The molecule has 11 nitrogen and oxygen atoms in total. The normalized spacial score (nSPS) is 19.5. The number of benzene rings is 2. The number of hydrogen-bond acceptors (Lipinski definition) is 7. The fourth-order valence-electron chi connectivity index (χ4n) is 6.03. The van der Waals surface area contributed by atoms with Crippen molar-refractivity contribution in [2.45, 2.75) is 43.9 Å². The van der Waals surface area contributed by atoms with Gasteiger partial charge in [-0.25, -0.2) is 14.6 Å². The van der Waals surface area contributed by atoms with Crippen LogP contribution in [-0.4, -0.2) is 67.5 Å². The molecule has 0 aliphatic carbocycles. The van der Waals surface area contributed by atoms with E-state index in [0.29, 0.717) is 48.1 Å². The third-order valence-corrected chi connectivity index (χ3v) is 8.14. The maximum Gasteiger partial charge on any atom is 0.433 e. The van der Waals surface area contributed by atoms with Gasteiger partial charge in [-0.2, -0.15) is 23.5 Å². The Morgan fingerprint density at radius 3 is 2.61 bits per heavy atom. The fourth-order valence-corrected chi connectivity index (χ4v) is 6.03. The highest BCUT2D eigenvalue weighted by Gasteiger charge is 2.45. The van der Waals surface area contributed by atoms with Crippen molar-refractivity contribution < 1.29 is 27.6 Å². The van der Waals surface area contributed by atoms with Gasteiger partial charge in [0.25, 0.3) is 17.7 Å². The van der Waals surface area contributed by atoms with Crippen molar-refractivity contribution in [3.05, 3.63) is 101 Å². The molecule has 1 N–H and O–H groups in total. The molecular weight excluding hydrogens is 601 g/mol. The monoisotopic (exact) mass is 628 g/mol. The van der Waals surface area contributed by atoms with Crippen molar-refractivity contribution in [1.29, 1.82) is 5.26 Å². The van der Waals surface area contributed by atoms with Gasteiger partial charge in [0.1, 0.15) is 23.6 Å². The molecule has 0 saturated carbocycles. The Morgan fingerprint density at radius 2 is 1.89 bits per heavy atom. The number of likely N-dealkylation sites (tertiary alicyclic amines) is 1. The first-order chi connectivity index (χ1) is 22.1. The van der Waals surface area contributed by atoms with Gasteiger partial charge >= 0.3 is 6.18 Å². The van der Waals surface area contributed by atoms with E-state index in [4.69, 9.17) is 0 Å². The number of nitriles is 1. The maximum atomic E-state index is 14.2. The minimum Gasteiger partial charge on any atom is -0.337 e. The first-order valence-electron chi connectivity index (χ1n) is 14.6. The summed E-state index contributed by atoms with van der Waals surface area (Å²) in [6.07, 6.45) is -1.15. The quantitative estimate of drug-likeness (QED) is 0.339. The largest absolute Gasteiger partial charge is 0.433 e. The number of rotatable bonds is 6. The number of amides is 3. The summed E-state index contributed by atoms with van der Waals surface area (Å²) in [6, 6.07) is 16.6. The summed E-state index contributed by atoms with van der Waals surface area (Å²) in [7, 11) is 0. The zero-order chi connectivity index (χ0) is 32.6. The molecule has 6 rings (SSSR count). The highest BCUT2D eigenvalue weighted by atomic mass is 19.4. The number of nitrogens with zero attached hydrogens (tertiary/aromatic N) is 7. The molecule has 3 atom stereocenters. The van der Waals surface area contributed by atoms with E-state index in [1.54, 1.807) is 42.1 Å². The third kappa shape index (κ3) is 5.44. The van der Waals surface area contributed by atoms with Crippen molar-refractivity contribution in [2.24, 2.45) is 0 Å². The number of likely N-dealkylation sites (N-methyl/N-ethyl adjacent to an activating group) is 1. The highest BCUT2D eigenvalue weighted by molar-refractivity contribution is 6.04. The van der Waals surface area contributed by atoms with Crippen LogP contribution in [0.3, 0.4) is 0 Å². The summed E-state index contributed by atoms with van der Waals surface area (Å²) >= 11 is 0.